The van der Waals surface area contributed by atoms with E-state index in [1.165, 1.54) is 16.9 Å². The number of benzene rings is 1. The maximum atomic E-state index is 12.4. The zero-order valence-electron chi connectivity index (χ0n) is 14.5. The molecule has 5 nitrogen and oxygen atoms in total. The number of aryl methyl sites for hydroxylation is 2. The average Bonchev–Trinajstić information content (AvgIpc) is 3.06. The van der Waals surface area contributed by atoms with Crippen LogP contribution in [0.5, 0.6) is 5.75 Å². The van der Waals surface area contributed by atoms with Crippen LogP contribution in [0.15, 0.2) is 24.3 Å². The quantitative estimate of drug-likeness (QED) is 0.833. The van der Waals surface area contributed by atoms with Gasteiger partial charge >= 0.3 is 5.97 Å². The summed E-state index contributed by atoms with van der Waals surface area (Å²) in [6, 6.07) is 7.91. The van der Waals surface area contributed by atoms with E-state index in [1.807, 2.05) is 31.2 Å². The van der Waals surface area contributed by atoms with Gasteiger partial charge in [0, 0.05) is 11.4 Å². The van der Waals surface area contributed by atoms with Gasteiger partial charge in [-0.15, -0.1) is 11.3 Å². The van der Waals surface area contributed by atoms with Crippen LogP contribution in [0.1, 0.15) is 34.6 Å². The Morgan fingerprint density at radius 1 is 1.24 bits per heavy atom. The van der Waals surface area contributed by atoms with Crippen molar-refractivity contribution in [2.24, 2.45) is 0 Å². The van der Waals surface area contributed by atoms with Crippen molar-refractivity contribution in [2.75, 3.05) is 13.7 Å². The van der Waals surface area contributed by atoms with Crippen molar-refractivity contribution >= 4 is 23.2 Å². The Bertz CT molecular complexity index is 812. The maximum absolute atomic E-state index is 12.4. The maximum Gasteiger partial charge on any atom is 0.349 e. The number of thiophene rings is 1. The molecule has 6 heteroatoms. The fourth-order valence-corrected chi connectivity index (χ4v) is 4.08. The summed E-state index contributed by atoms with van der Waals surface area (Å²) < 4.78 is 10.6. The normalized spacial score (nSPS) is 13.4. The molecule has 0 saturated carbocycles. The second-order valence-electron chi connectivity index (χ2n) is 5.93. The Labute approximate surface area is 151 Å². The number of rotatable bonds is 5. The van der Waals surface area contributed by atoms with Crippen molar-refractivity contribution in [2.45, 2.75) is 32.8 Å². The SMILES string of the molecule is CCNC(=O)[C@@H](C)OC(=O)c1cc2c(s1)-c1ccc(OC)cc1CC2. The molecule has 0 unspecified atom stereocenters. The lowest BCUT2D eigenvalue weighted by Crippen LogP contribution is -2.35. The standard InChI is InChI=1S/C19H21NO4S/c1-4-20-18(21)11(2)24-19(22)16-10-13-6-5-12-9-14(23-3)7-8-15(12)17(13)25-16/h7-11H,4-6H2,1-3H3,(H,20,21)/t11-/m1/s1. The summed E-state index contributed by atoms with van der Waals surface area (Å²) in [6.45, 7) is 3.92. The van der Waals surface area contributed by atoms with E-state index in [1.54, 1.807) is 14.0 Å². The molecule has 3 rings (SSSR count). The minimum Gasteiger partial charge on any atom is -0.497 e. The highest BCUT2D eigenvalue weighted by molar-refractivity contribution is 7.17. The lowest BCUT2D eigenvalue weighted by Gasteiger charge is -2.16. The van der Waals surface area contributed by atoms with E-state index in [4.69, 9.17) is 9.47 Å². The molecule has 1 aromatic carbocycles. The number of esters is 1. The third-order valence-electron chi connectivity index (χ3n) is 4.23. The van der Waals surface area contributed by atoms with Gasteiger partial charge in [0.25, 0.3) is 5.91 Å². The van der Waals surface area contributed by atoms with Gasteiger partial charge in [-0.3, -0.25) is 4.79 Å². The van der Waals surface area contributed by atoms with Crippen molar-refractivity contribution in [3.05, 3.63) is 40.3 Å². The fourth-order valence-electron chi connectivity index (χ4n) is 2.93. The Kier molecular flexibility index (Phi) is 5.08. The van der Waals surface area contributed by atoms with Crippen LogP contribution in [-0.4, -0.2) is 31.6 Å². The highest BCUT2D eigenvalue weighted by Gasteiger charge is 2.24. The molecule has 0 radical (unpaired) electrons. The first-order chi connectivity index (χ1) is 12.0. The van der Waals surface area contributed by atoms with Crippen LogP contribution < -0.4 is 10.1 Å². The minimum absolute atomic E-state index is 0.283. The van der Waals surface area contributed by atoms with E-state index >= 15 is 0 Å². The second-order valence-corrected chi connectivity index (χ2v) is 6.98. The monoisotopic (exact) mass is 359 g/mol. The number of methoxy groups -OCH3 is 1. The van der Waals surface area contributed by atoms with E-state index < -0.39 is 12.1 Å². The summed E-state index contributed by atoms with van der Waals surface area (Å²) in [5, 5.41) is 2.65. The van der Waals surface area contributed by atoms with E-state index in [2.05, 4.69) is 5.32 Å². The summed E-state index contributed by atoms with van der Waals surface area (Å²) in [6.07, 6.45) is 0.994. The molecular formula is C19H21NO4S. The summed E-state index contributed by atoms with van der Waals surface area (Å²) in [4.78, 5) is 25.7. The first kappa shape index (κ1) is 17.5. The number of nitrogens with one attached hydrogen (secondary N) is 1. The predicted molar refractivity (Wildman–Crippen MR) is 97.3 cm³/mol. The highest BCUT2D eigenvalue weighted by atomic mass is 32.1. The van der Waals surface area contributed by atoms with Crippen molar-refractivity contribution in [1.82, 2.24) is 5.32 Å². The van der Waals surface area contributed by atoms with E-state index in [9.17, 15) is 9.59 Å². The Hall–Kier alpha value is -2.34. The summed E-state index contributed by atoms with van der Waals surface area (Å²) in [5.41, 5.74) is 3.52. The van der Waals surface area contributed by atoms with Crippen molar-refractivity contribution in [1.29, 1.82) is 0 Å². The lowest BCUT2D eigenvalue weighted by molar-refractivity contribution is -0.128. The zero-order valence-corrected chi connectivity index (χ0v) is 15.4. The van der Waals surface area contributed by atoms with Crippen molar-refractivity contribution < 1.29 is 19.1 Å². The molecule has 0 bridgehead atoms. The van der Waals surface area contributed by atoms with Crippen LogP contribution in [0, 0.1) is 0 Å². The molecule has 132 valence electrons. The number of carbonyl (C=O) groups is 2. The van der Waals surface area contributed by atoms with Gasteiger partial charge in [-0.1, -0.05) is 0 Å². The number of ether oxygens (including phenoxy) is 2. The highest BCUT2D eigenvalue weighted by Crippen LogP contribution is 2.41. The van der Waals surface area contributed by atoms with Crippen LogP contribution >= 0.6 is 11.3 Å². The van der Waals surface area contributed by atoms with Crippen molar-refractivity contribution in [3.63, 3.8) is 0 Å². The number of hydrogen-bond donors (Lipinski definition) is 1. The summed E-state index contributed by atoms with van der Waals surface area (Å²) >= 11 is 1.42. The molecule has 1 N–H and O–H groups in total. The zero-order chi connectivity index (χ0) is 18.0. The topological polar surface area (TPSA) is 64.6 Å². The molecule has 0 spiro atoms. The minimum atomic E-state index is -0.803. The van der Waals surface area contributed by atoms with Gasteiger partial charge in [0.1, 0.15) is 10.6 Å². The third kappa shape index (κ3) is 3.54. The van der Waals surface area contributed by atoms with Crippen LogP contribution in [0.2, 0.25) is 0 Å². The summed E-state index contributed by atoms with van der Waals surface area (Å²) in [5.74, 6) is 0.108. The fraction of sp³-hybridized carbons (Fsp3) is 0.368. The van der Waals surface area contributed by atoms with Gasteiger partial charge in [0.05, 0.1) is 7.11 Å². The number of fused-ring (bicyclic) bond motifs is 3. The molecule has 1 heterocycles. The molecule has 2 aromatic rings. The van der Waals surface area contributed by atoms with Gasteiger partial charge in [0.2, 0.25) is 0 Å². The van der Waals surface area contributed by atoms with Crippen LogP contribution in [0.4, 0.5) is 0 Å². The smallest absolute Gasteiger partial charge is 0.349 e. The van der Waals surface area contributed by atoms with E-state index in [0.717, 1.165) is 34.6 Å². The summed E-state index contributed by atoms with van der Waals surface area (Å²) in [7, 11) is 1.66. The number of hydrogen-bond acceptors (Lipinski definition) is 5. The molecule has 1 aliphatic carbocycles. The largest absolute Gasteiger partial charge is 0.497 e. The third-order valence-corrected chi connectivity index (χ3v) is 5.43. The Morgan fingerprint density at radius 2 is 2.00 bits per heavy atom. The Balaban J connectivity index is 1.81. The molecule has 1 aliphatic rings. The molecule has 0 fully saturated rings. The van der Waals surface area contributed by atoms with Gasteiger partial charge in [0.15, 0.2) is 6.10 Å². The van der Waals surface area contributed by atoms with E-state index in [0.29, 0.717) is 11.4 Å². The molecule has 25 heavy (non-hydrogen) atoms. The molecule has 1 amide bonds. The first-order valence-electron chi connectivity index (χ1n) is 8.32. The van der Waals surface area contributed by atoms with Crippen LogP contribution in [0.25, 0.3) is 10.4 Å². The van der Waals surface area contributed by atoms with Gasteiger partial charge in [-0.2, -0.15) is 0 Å². The number of likely N-dealkylation sites (N-methyl/N-ethyl adjacent to an activating group) is 1. The molecular weight excluding hydrogens is 338 g/mol. The Morgan fingerprint density at radius 3 is 2.72 bits per heavy atom. The molecule has 1 atom stereocenters. The second kappa shape index (κ2) is 7.27. The molecule has 0 saturated heterocycles. The van der Waals surface area contributed by atoms with Crippen molar-refractivity contribution in [3.8, 4) is 16.2 Å². The number of carbonyl (C=O) groups excluding carboxylic acids is 2. The van der Waals surface area contributed by atoms with Crippen LogP contribution in [-0.2, 0) is 22.4 Å². The predicted octanol–water partition coefficient (Wildman–Crippen LogP) is 3.20. The van der Waals surface area contributed by atoms with Gasteiger partial charge in [-0.05, 0) is 67.6 Å². The van der Waals surface area contributed by atoms with Gasteiger partial charge < -0.3 is 14.8 Å². The molecule has 0 aliphatic heterocycles. The van der Waals surface area contributed by atoms with Crippen LogP contribution in [0.3, 0.4) is 0 Å². The lowest BCUT2D eigenvalue weighted by atomic mass is 9.91. The molecule has 1 aromatic heterocycles. The first-order valence-corrected chi connectivity index (χ1v) is 9.13. The number of amides is 1. The average molecular weight is 359 g/mol. The van der Waals surface area contributed by atoms with E-state index in [-0.39, 0.29) is 5.91 Å². The van der Waals surface area contributed by atoms with Gasteiger partial charge in [-0.25, -0.2) is 4.79 Å².